The van der Waals surface area contributed by atoms with Crippen LogP contribution in [0, 0.1) is 16.7 Å². The standard InChI is InChI=1S/C17H31N3O3S/c1-14(2)11-19-12-16(5-9-20(10-6-16)24(4,22)23)17(13-19)7-8-18(3)15(17)21/h14H,5-13H2,1-4H3. The van der Waals surface area contributed by atoms with Gasteiger partial charge in [-0.1, -0.05) is 13.8 Å². The van der Waals surface area contributed by atoms with Crippen molar-refractivity contribution in [3.63, 3.8) is 0 Å². The molecule has 0 aromatic carbocycles. The molecule has 24 heavy (non-hydrogen) atoms. The molecular weight excluding hydrogens is 326 g/mol. The van der Waals surface area contributed by atoms with Crippen molar-refractivity contribution in [3.8, 4) is 0 Å². The van der Waals surface area contributed by atoms with E-state index in [0.29, 0.717) is 19.0 Å². The van der Waals surface area contributed by atoms with Crippen LogP contribution in [0.5, 0.6) is 0 Å². The zero-order valence-electron chi connectivity index (χ0n) is 15.4. The zero-order valence-corrected chi connectivity index (χ0v) is 16.2. The molecule has 3 heterocycles. The van der Waals surface area contributed by atoms with E-state index < -0.39 is 10.0 Å². The van der Waals surface area contributed by atoms with Gasteiger partial charge in [-0.2, -0.15) is 0 Å². The maximum atomic E-state index is 13.1. The number of fused-ring (bicyclic) bond motifs is 1. The van der Waals surface area contributed by atoms with Gasteiger partial charge in [0.05, 0.1) is 11.7 Å². The van der Waals surface area contributed by atoms with E-state index in [1.807, 2.05) is 11.9 Å². The summed E-state index contributed by atoms with van der Waals surface area (Å²) in [5.74, 6) is 0.851. The van der Waals surface area contributed by atoms with Crippen LogP contribution in [0.15, 0.2) is 0 Å². The summed E-state index contributed by atoms with van der Waals surface area (Å²) in [6.07, 6.45) is 3.80. The largest absolute Gasteiger partial charge is 0.345 e. The smallest absolute Gasteiger partial charge is 0.230 e. The third kappa shape index (κ3) is 2.78. The molecule has 1 amide bonds. The average molecular weight is 358 g/mol. The van der Waals surface area contributed by atoms with Gasteiger partial charge in [-0.3, -0.25) is 4.79 Å². The van der Waals surface area contributed by atoms with Crippen LogP contribution >= 0.6 is 0 Å². The van der Waals surface area contributed by atoms with Gasteiger partial charge in [0, 0.05) is 51.7 Å². The number of carbonyl (C=O) groups is 1. The summed E-state index contributed by atoms with van der Waals surface area (Å²) in [5.41, 5.74) is -0.370. The Balaban J connectivity index is 1.88. The Hall–Kier alpha value is -0.660. The average Bonchev–Trinajstić information content (AvgIpc) is 2.91. The predicted octanol–water partition coefficient (Wildman–Crippen LogP) is 0.848. The van der Waals surface area contributed by atoms with Crippen molar-refractivity contribution in [2.24, 2.45) is 16.7 Å². The summed E-state index contributed by atoms with van der Waals surface area (Å²) in [6.45, 7) is 9.14. The molecule has 0 aliphatic carbocycles. The topological polar surface area (TPSA) is 60.9 Å². The van der Waals surface area contributed by atoms with Crippen molar-refractivity contribution in [2.75, 3.05) is 52.6 Å². The molecule has 6 nitrogen and oxygen atoms in total. The first-order valence-corrected chi connectivity index (χ1v) is 10.9. The third-order valence-electron chi connectivity index (χ3n) is 6.44. The molecule has 3 fully saturated rings. The Morgan fingerprint density at radius 2 is 1.71 bits per heavy atom. The highest BCUT2D eigenvalue weighted by Crippen LogP contribution is 2.57. The fourth-order valence-corrected chi connectivity index (χ4v) is 6.13. The summed E-state index contributed by atoms with van der Waals surface area (Å²) in [5, 5.41) is 0. The van der Waals surface area contributed by atoms with Crippen molar-refractivity contribution in [2.45, 2.75) is 33.1 Å². The number of carbonyl (C=O) groups excluding carboxylic acids is 1. The van der Waals surface area contributed by atoms with E-state index >= 15 is 0 Å². The lowest BCUT2D eigenvalue weighted by Crippen LogP contribution is -2.53. The van der Waals surface area contributed by atoms with Crippen LogP contribution in [0.4, 0.5) is 0 Å². The van der Waals surface area contributed by atoms with E-state index in [1.165, 1.54) is 6.26 Å². The number of hydrogen-bond donors (Lipinski definition) is 0. The highest BCUT2D eigenvalue weighted by Gasteiger charge is 2.64. The maximum Gasteiger partial charge on any atom is 0.230 e. The fraction of sp³-hybridized carbons (Fsp3) is 0.941. The summed E-state index contributed by atoms with van der Waals surface area (Å²) in [4.78, 5) is 17.4. The number of hydrogen-bond acceptors (Lipinski definition) is 4. The molecule has 3 saturated heterocycles. The quantitative estimate of drug-likeness (QED) is 0.751. The van der Waals surface area contributed by atoms with Gasteiger partial charge in [0.1, 0.15) is 0 Å². The Labute approximate surface area is 146 Å². The molecule has 0 bridgehead atoms. The van der Waals surface area contributed by atoms with Crippen LogP contribution in [0.1, 0.15) is 33.1 Å². The van der Waals surface area contributed by atoms with Crippen LogP contribution in [0.25, 0.3) is 0 Å². The fourth-order valence-electron chi connectivity index (χ4n) is 5.28. The van der Waals surface area contributed by atoms with Gasteiger partial charge in [0.15, 0.2) is 0 Å². The minimum atomic E-state index is -3.14. The number of sulfonamides is 1. The minimum absolute atomic E-state index is 0.0646. The molecule has 1 unspecified atom stereocenters. The Kier molecular flexibility index (Phi) is 4.50. The van der Waals surface area contributed by atoms with Gasteiger partial charge in [0.2, 0.25) is 15.9 Å². The van der Waals surface area contributed by atoms with Crippen molar-refractivity contribution in [1.29, 1.82) is 0 Å². The normalized spacial score (nSPS) is 31.9. The molecule has 3 aliphatic heterocycles. The second-order valence-electron chi connectivity index (χ2n) is 8.56. The number of amides is 1. The van der Waals surface area contributed by atoms with Gasteiger partial charge in [0.25, 0.3) is 0 Å². The summed E-state index contributed by atoms with van der Waals surface area (Å²) in [6, 6.07) is 0. The molecule has 3 aliphatic rings. The second kappa shape index (κ2) is 5.95. The van der Waals surface area contributed by atoms with Gasteiger partial charge >= 0.3 is 0 Å². The van der Waals surface area contributed by atoms with Gasteiger partial charge in [-0.15, -0.1) is 0 Å². The highest BCUT2D eigenvalue weighted by molar-refractivity contribution is 7.88. The molecule has 2 spiro atoms. The molecule has 7 heteroatoms. The van der Waals surface area contributed by atoms with Crippen molar-refractivity contribution < 1.29 is 13.2 Å². The Morgan fingerprint density at radius 1 is 1.08 bits per heavy atom. The molecule has 0 N–H and O–H groups in total. The minimum Gasteiger partial charge on any atom is -0.345 e. The van der Waals surface area contributed by atoms with Crippen molar-refractivity contribution >= 4 is 15.9 Å². The molecule has 0 aromatic heterocycles. The predicted molar refractivity (Wildman–Crippen MR) is 94.0 cm³/mol. The van der Waals surface area contributed by atoms with Crippen LogP contribution in [-0.4, -0.2) is 81.0 Å². The van der Waals surface area contributed by atoms with Gasteiger partial charge in [-0.25, -0.2) is 12.7 Å². The lowest BCUT2D eigenvalue weighted by Gasteiger charge is -2.46. The van der Waals surface area contributed by atoms with Crippen molar-refractivity contribution in [3.05, 3.63) is 0 Å². The molecule has 1 atom stereocenters. The molecular formula is C17H31N3O3S. The summed E-state index contributed by atoms with van der Waals surface area (Å²) >= 11 is 0. The molecule has 3 rings (SSSR count). The van der Waals surface area contributed by atoms with Crippen LogP contribution < -0.4 is 0 Å². The van der Waals surface area contributed by atoms with E-state index in [4.69, 9.17) is 0 Å². The maximum absolute atomic E-state index is 13.1. The zero-order chi connectivity index (χ0) is 17.8. The first kappa shape index (κ1) is 18.1. The first-order chi connectivity index (χ1) is 11.1. The van der Waals surface area contributed by atoms with E-state index in [1.54, 1.807) is 4.31 Å². The van der Waals surface area contributed by atoms with Gasteiger partial charge < -0.3 is 9.80 Å². The Morgan fingerprint density at radius 3 is 2.17 bits per heavy atom. The van der Waals surface area contributed by atoms with Crippen LogP contribution in [-0.2, 0) is 14.8 Å². The summed E-state index contributed by atoms with van der Waals surface area (Å²) < 4.78 is 25.3. The second-order valence-corrected chi connectivity index (χ2v) is 10.5. The highest BCUT2D eigenvalue weighted by atomic mass is 32.2. The van der Waals surface area contributed by atoms with Gasteiger partial charge in [-0.05, 0) is 25.2 Å². The number of piperidine rings is 1. The van der Waals surface area contributed by atoms with Crippen LogP contribution in [0.2, 0.25) is 0 Å². The van der Waals surface area contributed by atoms with E-state index in [9.17, 15) is 13.2 Å². The first-order valence-electron chi connectivity index (χ1n) is 9.03. The molecule has 0 radical (unpaired) electrons. The Bertz CT molecular complexity index is 611. The van der Waals surface area contributed by atoms with E-state index in [2.05, 4.69) is 18.7 Å². The lowest BCUT2D eigenvalue weighted by molar-refractivity contribution is -0.140. The SMILES string of the molecule is CC(C)CN1CC2(CCN(S(C)(=O)=O)CC2)C2(CCN(C)C2=O)C1. The van der Waals surface area contributed by atoms with E-state index in [0.717, 1.165) is 45.4 Å². The number of nitrogens with zero attached hydrogens (tertiary/aromatic N) is 3. The monoisotopic (exact) mass is 357 g/mol. The van der Waals surface area contributed by atoms with E-state index in [-0.39, 0.29) is 16.7 Å². The lowest BCUT2D eigenvalue weighted by atomic mass is 9.60. The number of likely N-dealkylation sites (tertiary alicyclic amines) is 2. The molecule has 0 saturated carbocycles. The van der Waals surface area contributed by atoms with Crippen molar-refractivity contribution in [1.82, 2.24) is 14.1 Å². The number of rotatable bonds is 3. The molecule has 0 aromatic rings. The van der Waals surface area contributed by atoms with Crippen LogP contribution in [0.3, 0.4) is 0 Å². The molecule has 138 valence electrons. The third-order valence-corrected chi connectivity index (χ3v) is 7.74. The summed E-state index contributed by atoms with van der Waals surface area (Å²) in [7, 11) is -1.24.